The zero-order valence-electron chi connectivity index (χ0n) is 16.7. The number of ether oxygens (including phenoxy) is 1. The minimum Gasteiger partial charge on any atom is -0.370 e. The lowest BCUT2D eigenvalue weighted by atomic mass is 9.88. The van der Waals surface area contributed by atoms with E-state index in [1.54, 1.807) is 5.57 Å². The van der Waals surface area contributed by atoms with Gasteiger partial charge in [0.05, 0.1) is 18.2 Å². The van der Waals surface area contributed by atoms with E-state index >= 15 is 0 Å². The van der Waals surface area contributed by atoms with Crippen molar-refractivity contribution < 1.29 is 6.16 Å². The third kappa shape index (κ3) is 3.96. The molecule has 0 radical (unpaired) electrons. The summed E-state index contributed by atoms with van der Waals surface area (Å²) in [6, 6.07) is 0.484. The molecule has 4 atom stereocenters. The van der Waals surface area contributed by atoms with Gasteiger partial charge in [0, 0.05) is 1.43 Å². The predicted molar refractivity (Wildman–Crippen MR) is 118 cm³/mol. The molecule has 0 aromatic carbocycles. The molecular formula is C25H34N2O. The fraction of sp³-hybridized carbons (Fsp3) is 0.560. The lowest BCUT2D eigenvalue weighted by Gasteiger charge is -2.25. The minimum atomic E-state index is 0. The average Bonchev–Trinajstić information content (AvgIpc) is 3.49. The first-order valence-electron chi connectivity index (χ1n) is 11.2. The van der Waals surface area contributed by atoms with E-state index in [2.05, 4.69) is 53.9 Å². The topological polar surface area (TPSA) is 33.6 Å². The molecule has 0 aromatic rings. The zero-order valence-corrected chi connectivity index (χ0v) is 16.7. The van der Waals surface area contributed by atoms with Gasteiger partial charge in [0.25, 0.3) is 0 Å². The third-order valence-electron chi connectivity index (χ3n) is 6.87. The Balaban J connectivity index is 0.00000205. The maximum Gasteiger partial charge on any atom is 0.124 e. The molecule has 1 aliphatic heterocycles. The molecule has 1 heterocycles. The molecule has 0 bridgehead atoms. The van der Waals surface area contributed by atoms with E-state index < -0.39 is 0 Å². The number of allylic oxidation sites excluding steroid dienone is 8. The van der Waals surface area contributed by atoms with Crippen LogP contribution in [-0.2, 0) is 4.74 Å². The molecule has 0 aromatic heterocycles. The van der Waals surface area contributed by atoms with E-state index in [1.165, 1.54) is 50.5 Å². The van der Waals surface area contributed by atoms with E-state index in [0.29, 0.717) is 18.8 Å². The molecular weight excluding hydrogens is 344 g/mol. The van der Waals surface area contributed by atoms with Gasteiger partial charge in [-0.25, -0.2) is 0 Å². The van der Waals surface area contributed by atoms with Crippen LogP contribution in [0.5, 0.6) is 0 Å². The summed E-state index contributed by atoms with van der Waals surface area (Å²) in [6.45, 7) is 0.633. The largest absolute Gasteiger partial charge is 0.370 e. The van der Waals surface area contributed by atoms with Gasteiger partial charge in [-0.3, -0.25) is 4.99 Å². The predicted octanol–water partition coefficient (Wildman–Crippen LogP) is 5.29. The normalized spacial score (nSPS) is 34.6. The fourth-order valence-corrected chi connectivity index (χ4v) is 5.18. The van der Waals surface area contributed by atoms with Crippen LogP contribution < -0.4 is 5.32 Å². The second-order valence-corrected chi connectivity index (χ2v) is 8.88. The Morgan fingerprint density at radius 3 is 2.82 bits per heavy atom. The first-order chi connectivity index (χ1) is 13.9. The fourth-order valence-electron chi connectivity index (χ4n) is 5.18. The Kier molecular flexibility index (Phi) is 5.35. The highest BCUT2D eigenvalue weighted by molar-refractivity contribution is 5.87. The van der Waals surface area contributed by atoms with Gasteiger partial charge in [0.2, 0.25) is 0 Å². The van der Waals surface area contributed by atoms with Crippen molar-refractivity contribution in [3.63, 3.8) is 0 Å². The quantitative estimate of drug-likeness (QED) is 0.660. The van der Waals surface area contributed by atoms with Gasteiger partial charge >= 0.3 is 0 Å². The zero-order chi connectivity index (χ0) is 18.8. The highest BCUT2D eigenvalue weighted by Crippen LogP contribution is 2.49. The molecule has 3 nitrogen and oxygen atoms in total. The molecule has 3 heteroatoms. The summed E-state index contributed by atoms with van der Waals surface area (Å²) in [7, 11) is 0. The van der Waals surface area contributed by atoms with Crippen LogP contribution in [0, 0.1) is 11.8 Å². The van der Waals surface area contributed by atoms with Crippen LogP contribution in [0.25, 0.3) is 0 Å². The Hall–Kier alpha value is -1.87. The van der Waals surface area contributed by atoms with Gasteiger partial charge < -0.3 is 10.1 Å². The number of hydrogen-bond acceptors (Lipinski definition) is 3. The molecule has 2 unspecified atom stereocenters. The summed E-state index contributed by atoms with van der Waals surface area (Å²) in [5.74, 6) is 2.53. The number of rotatable bonds is 5. The number of aliphatic imine (C=N–C) groups is 1. The van der Waals surface area contributed by atoms with Crippen molar-refractivity contribution in [1.82, 2.24) is 5.32 Å². The van der Waals surface area contributed by atoms with Crippen molar-refractivity contribution in [3.8, 4) is 0 Å². The first-order valence-corrected chi connectivity index (χ1v) is 11.2. The Morgan fingerprint density at radius 1 is 1.04 bits per heavy atom. The number of fused-ring (bicyclic) bond motifs is 1. The standard InChI is InChI=1S/C25H32N2O.H2/c1-2-6-11-18(10-5-1)24-25(21-15-9-12-19-16-22(19)21)27-23(26-24)17-28-20-13-7-3-4-8-14-20;/h1-2,5-6,9-10,12,15,19-20,22,24-25H,3-4,7-8,11,13-14,16-17H2,(H,26,27);1H/t19?,22?,24-,25+;/m0./s1. The van der Waals surface area contributed by atoms with Crippen molar-refractivity contribution in [2.24, 2.45) is 16.8 Å². The van der Waals surface area contributed by atoms with E-state index in [4.69, 9.17) is 9.73 Å². The summed E-state index contributed by atoms with van der Waals surface area (Å²) in [5, 5.41) is 3.77. The molecule has 2 saturated carbocycles. The molecule has 0 amide bonds. The molecule has 1 N–H and O–H groups in total. The summed E-state index contributed by atoms with van der Waals surface area (Å²) >= 11 is 0. The van der Waals surface area contributed by atoms with E-state index in [9.17, 15) is 0 Å². The third-order valence-corrected chi connectivity index (χ3v) is 6.87. The van der Waals surface area contributed by atoms with Gasteiger partial charge in [-0.05, 0) is 48.7 Å². The van der Waals surface area contributed by atoms with E-state index in [0.717, 1.165) is 24.1 Å². The maximum absolute atomic E-state index is 6.31. The average molecular weight is 379 g/mol. The van der Waals surface area contributed by atoms with Crippen LogP contribution in [-0.4, -0.2) is 30.6 Å². The molecule has 150 valence electrons. The Labute approximate surface area is 170 Å². The lowest BCUT2D eigenvalue weighted by molar-refractivity contribution is 0.0691. The summed E-state index contributed by atoms with van der Waals surface area (Å²) < 4.78 is 6.31. The van der Waals surface area contributed by atoms with Crippen LogP contribution >= 0.6 is 0 Å². The summed E-state index contributed by atoms with van der Waals surface area (Å²) in [4.78, 5) is 5.15. The Bertz CT molecular complexity index is 768. The van der Waals surface area contributed by atoms with Gasteiger partial charge in [0.15, 0.2) is 0 Å². The summed E-state index contributed by atoms with van der Waals surface area (Å²) in [5.41, 5.74) is 2.95. The number of amidine groups is 1. The molecule has 0 spiro atoms. The summed E-state index contributed by atoms with van der Waals surface area (Å²) in [6.07, 6.45) is 28.3. The van der Waals surface area contributed by atoms with Gasteiger partial charge in [-0.2, -0.15) is 0 Å². The highest BCUT2D eigenvalue weighted by atomic mass is 16.5. The lowest BCUT2D eigenvalue weighted by Crippen LogP contribution is -2.39. The molecule has 2 fully saturated rings. The van der Waals surface area contributed by atoms with Crippen LogP contribution in [0.4, 0.5) is 0 Å². The van der Waals surface area contributed by atoms with Gasteiger partial charge in [0.1, 0.15) is 12.4 Å². The maximum atomic E-state index is 6.31. The number of nitrogens with one attached hydrogen (secondary N) is 1. The second-order valence-electron chi connectivity index (χ2n) is 8.88. The smallest absolute Gasteiger partial charge is 0.124 e. The number of nitrogens with zero attached hydrogens (tertiary/aromatic N) is 1. The van der Waals surface area contributed by atoms with Gasteiger partial charge in [-0.1, -0.05) is 74.3 Å². The first kappa shape index (κ1) is 18.2. The molecule has 28 heavy (non-hydrogen) atoms. The monoisotopic (exact) mass is 378 g/mol. The SMILES string of the molecule is C1=CC=C([C@@H]2N=C(COC3CCCCCC3)N[C@@H]2C2=CC=CC3CC23)CC=C1.[HH]. The van der Waals surface area contributed by atoms with Gasteiger partial charge in [-0.15, -0.1) is 0 Å². The van der Waals surface area contributed by atoms with Crippen LogP contribution in [0.15, 0.2) is 64.7 Å². The van der Waals surface area contributed by atoms with Crippen molar-refractivity contribution in [3.05, 3.63) is 59.8 Å². The van der Waals surface area contributed by atoms with Crippen LogP contribution in [0.2, 0.25) is 0 Å². The second kappa shape index (κ2) is 8.24. The Morgan fingerprint density at radius 2 is 1.93 bits per heavy atom. The molecule has 4 aliphatic carbocycles. The highest BCUT2D eigenvalue weighted by Gasteiger charge is 2.45. The van der Waals surface area contributed by atoms with Crippen molar-refractivity contribution in [2.75, 3.05) is 6.61 Å². The molecule has 0 saturated heterocycles. The molecule has 5 rings (SSSR count). The van der Waals surface area contributed by atoms with Crippen molar-refractivity contribution in [2.45, 2.75) is 69.6 Å². The minimum absolute atomic E-state index is 0. The molecule has 5 aliphatic rings. The van der Waals surface area contributed by atoms with Crippen LogP contribution in [0.3, 0.4) is 0 Å². The van der Waals surface area contributed by atoms with Crippen molar-refractivity contribution >= 4 is 5.84 Å². The van der Waals surface area contributed by atoms with Crippen molar-refractivity contribution in [1.29, 1.82) is 0 Å². The van der Waals surface area contributed by atoms with E-state index in [1.807, 2.05) is 0 Å². The number of hydrogen-bond donors (Lipinski definition) is 1. The van der Waals surface area contributed by atoms with E-state index in [-0.39, 0.29) is 7.47 Å². The van der Waals surface area contributed by atoms with Crippen LogP contribution in [0.1, 0.15) is 52.8 Å².